The quantitative estimate of drug-likeness (QED) is 0.0502. The molecule has 0 saturated heterocycles. The minimum atomic E-state index is -1.12. The second kappa shape index (κ2) is 22.2. The van der Waals surface area contributed by atoms with Crippen molar-refractivity contribution in [3.63, 3.8) is 0 Å². The molecule has 0 aromatic rings. The predicted molar refractivity (Wildman–Crippen MR) is 173 cm³/mol. The molecule has 0 rings (SSSR count). The van der Waals surface area contributed by atoms with E-state index in [-0.39, 0.29) is 0 Å². The first-order valence-electron chi connectivity index (χ1n) is 15.7. The van der Waals surface area contributed by atoms with Crippen LogP contribution in [-0.2, 0) is 38.4 Å². The van der Waals surface area contributed by atoms with Crippen molar-refractivity contribution in [1.82, 2.24) is 37.2 Å². The monoisotopic (exact) mass is 670 g/mol. The molecule has 0 heterocycles. The van der Waals surface area contributed by atoms with Gasteiger partial charge in [-0.2, -0.15) is 0 Å². The smallest absolute Gasteiger partial charge is 0.243 e. The van der Waals surface area contributed by atoms with Crippen LogP contribution in [0, 0.1) is 0 Å². The number of unbranched alkanes of at least 4 members (excludes halogenated alkanes) is 2. The Labute approximate surface area is 275 Å². The highest BCUT2D eigenvalue weighted by atomic mass is 16.2. The summed E-state index contributed by atoms with van der Waals surface area (Å²) in [5.74, 6) is -5.15. The Kier molecular flexibility index (Phi) is 20.2. The van der Waals surface area contributed by atoms with Crippen molar-refractivity contribution in [2.24, 2.45) is 17.2 Å². The molecular weight excluding hydrogens is 616 g/mol. The van der Waals surface area contributed by atoms with Gasteiger partial charge < -0.3 is 54.4 Å². The Morgan fingerprint density at radius 3 is 1.04 bits per heavy atom. The molecule has 268 valence electrons. The maximum Gasteiger partial charge on any atom is 0.243 e. The molecule has 7 atom stereocenters. The van der Waals surface area contributed by atoms with E-state index in [1.54, 1.807) is 0 Å². The Bertz CT molecular complexity index is 1100. The minimum absolute atomic E-state index is 0.295. The van der Waals surface area contributed by atoms with Gasteiger partial charge in [0, 0.05) is 6.92 Å². The third-order valence-corrected chi connectivity index (χ3v) is 7.01. The number of carbonyl (C=O) groups excluding carboxylic acids is 8. The largest absolute Gasteiger partial charge is 0.368 e. The number of nitrogens with one attached hydrogen (secondary N) is 7. The standard InChI is InChI=1S/C29H54N10O8/c1-15(24(42)34-17(3)26(44)36-19(5)28(46)39-21(23(32)41)11-7-9-13-30)33-25(43)16(2)35-27(45)18(4)37-29(47)22(38-20(6)40)12-8-10-14-31/h15-19,21-22H,7-14,30-31H2,1-6H3,(H2,32,41)(H,33,43)(H,34,42)(H,35,45)(H,36,44)(H,37,47)(H,38,40)(H,39,46)/t15-,16-,17-,18-,19-,21-,22-/m0/s1. The number of hydrogen-bond acceptors (Lipinski definition) is 10. The molecule has 0 bridgehead atoms. The summed E-state index contributed by atoms with van der Waals surface area (Å²) in [6, 6.07) is -7.22. The van der Waals surface area contributed by atoms with Crippen molar-refractivity contribution in [3.8, 4) is 0 Å². The first kappa shape index (κ1) is 42.7. The molecule has 0 aromatic heterocycles. The fourth-order valence-corrected chi connectivity index (χ4v) is 4.08. The molecule has 0 fully saturated rings. The van der Waals surface area contributed by atoms with Crippen molar-refractivity contribution in [2.45, 2.75) is 122 Å². The average Bonchev–Trinajstić information content (AvgIpc) is 2.99. The van der Waals surface area contributed by atoms with Gasteiger partial charge in [-0.1, -0.05) is 0 Å². The Hall–Kier alpha value is -4.32. The molecule has 0 aromatic carbocycles. The number of rotatable bonds is 22. The zero-order valence-corrected chi connectivity index (χ0v) is 28.2. The lowest BCUT2D eigenvalue weighted by Crippen LogP contribution is -2.58. The normalized spacial score (nSPS) is 15.2. The molecule has 47 heavy (non-hydrogen) atoms. The molecule has 0 spiro atoms. The number of carbonyl (C=O) groups is 8. The molecule has 18 nitrogen and oxygen atoms in total. The van der Waals surface area contributed by atoms with Crippen LogP contribution in [0.1, 0.15) is 80.1 Å². The van der Waals surface area contributed by atoms with E-state index in [9.17, 15) is 38.4 Å². The molecule has 0 radical (unpaired) electrons. The topological polar surface area (TPSA) is 299 Å². The van der Waals surface area contributed by atoms with E-state index in [0.29, 0.717) is 51.6 Å². The van der Waals surface area contributed by atoms with Crippen molar-refractivity contribution >= 4 is 47.3 Å². The summed E-state index contributed by atoms with van der Waals surface area (Å²) < 4.78 is 0. The molecule has 0 aliphatic rings. The van der Waals surface area contributed by atoms with E-state index < -0.39 is 89.6 Å². The summed E-state index contributed by atoms with van der Waals surface area (Å²) in [5, 5.41) is 17.3. The maximum absolute atomic E-state index is 12.7. The highest BCUT2D eigenvalue weighted by molar-refractivity contribution is 5.97. The summed E-state index contributed by atoms with van der Waals surface area (Å²) in [6.07, 6.45) is 3.09. The number of amides is 8. The van der Waals surface area contributed by atoms with Crippen LogP contribution in [0.3, 0.4) is 0 Å². The van der Waals surface area contributed by atoms with Gasteiger partial charge in [-0.3, -0.25) is 38.4 Å². The van der Waals surface area contributed by atoms with E-state index in [2.05, 4.69) is 37.2 Å². The second-order valence-electron chi connectivity index (χ2n) is 11.4. The predicted octanol–water partition coefficient (Wildman–Crippen LogP) is -3.76. The summed E-state index contributed by atoms with van der Waals surface area (Å²) in [7, 11) is 0. The zero-order chi connectivity index (χ0) is 36.3. The van der Waals surface area contributed by atoms with Gasteiger partial charge in [0.2, 0.25) is 47.3 Å². The molecule has 18 heteroatoms. The molecule has 8 amide bonds. The summed E-state index contributed by atoms with van der Waals surface area (Å²) in [4.78, 5) is 98.8. The maximum atomic E-state index is 12.7. The van der Waals surface area contributed by atoms with Crippen LogP contribution in [0.25, 0.3) is 0 Å². The number of hydrogen-bond donors (Lipinski definition) is 10. The average molecular weight is 671 g/mol. The second-order valence-corrected chi connectivity index (χ2v) is 11.4. The molecular formula is C29H54N10O8. The lowest BCUT2D eigenvalue weighted by atomic mass is 10.1. The fraction of sp³-hybridized carbons (Fsp3) is 0.724. The van der Waals surface area contributed by atoms with Gasteiger partial charge in [-0.05, 0) is 86.2 Å². The molecule has 13 N–H and O–H groups in total. The SMILES string of the molecule is CC(=O)N[C@@H](CCCCN)C(=O)N[C@@H](C)C(=O)N[C@@H](C)C(=O)N[C@@H](C)C(=O)N[C@@H](C)C(=O)N[C@@H](C)C(=O)N[C@@H](CCCCN)C(N)=O. The van der Waals surface area contributed by atoms with E-state index >= 15 is 0 Å². The van der Waals surface area contributed by atoms with Crippen LogP contribution in [0.4, 0.5) is 0 Å². The third-order valence-electron chi connectivity index (χ3n) is 7.01. The van der Waals surface area contributed by atoms with Crippen molar-refractivity contribution in [3.05, 3.63) is 0 Å². The van der Waals surface area contributed by atoms with Crippen molar-refractivity contribution < 1.29 is 38.4 Å². The van der Waals surface area contributed by atoms with Crippen LogP contribution < -0.4 is 54.4 Å². The van der Waals surface area contributed by atoms with Crippen LogP contribution in [0.5, 0.6) is 0 Å². The van der Waals surface area contributed by atoms with Crippen LogP contribution in [0.2, 0.25) is 0 Å². The zero-order valence-electron chi connectivity index (χ0n) is 28.2. The van der Waals surface area contributed by atoms with E-state index in [0.717, 1.165) is 0 Å². The van der Waals surface area contributed by atoms with E-state index in [1.165, 1.54) is 41.5 Å². The summed E-state index contributed by atoms with van der Waals surface area (Å²) in [5.41, 5.74) is 16.3. The lowest BCUT2D eigenvalue weighted by Gasteiger charge is -2.23. The van der Waals surface area contributed by atoms with Crippen LogP contribution >= 0.6 is 0 Å². The molecule has 0 aliphatic heterocycles. The Morgan fingerprint density at radius 1 is 0.447 bits per heavy atom. The van der Waals surface area contributed by atoms with Gasteiger partial charge >= 0.3 is 0 Å². The highest BCUT2D eigenvalue weighted by Crippen LogP contribution is 2.03. The van der Waals surface area contributed by atoms with Gasteiger partial charge in [0.1, 0.15) is 42.3 Å². The third kappa shape index (κ3) is 17.2. The molecule has 0 unspecified atom stereocenters. The van der Waals surface area contributed by atoms with Gasteiger partial charge in [-0.25, -0.2) is 0 Å². The first-order chi connectivity index (χ1) is 21.9. The number of nitrogens with two attached hydrogens (primary N) is 3. The van der Waals surface area contributed by atoms with Gasteiger partial charge in [0.25, 0.3) is 0 Å². The Morgan fingerprint density at radius 2 is 0.745 bits per heavy atom. The van der Waals surface area contributed by atoms with Crippen LogP contribution in [0.15, 0.2) is 0 Å². The summed E-state index contributed by atoms with van der Waals surface area (Å²) >= 11 is 0. The molecule has 0 saturated carbocycles. The van der Waals surface area contributed by atoms with E-state index in [4.69, 9.17) is 17.2 Å². The van der Waals surface area contributed by atoms with Gasteiger partial charge in [0.15, 0.2) is 0 Å². The highest BCUT2D eigenvalue weighted by Gasteiger charge is 2.28. The lowest BCUT2D eigenvalue weighted by molar-refractivity contribution is -0.134. The first-order valence-corrected chi connectivity index (χ1v) is 15.7. The number of primary amides is 1. The summed E-state index contributed by atoms with van der Waals surface area (Å²) in [6.45, 7) is 9.06. The molecule has 0 aliphatic carbocycles. The minimum Gasteiger partial charge on any atom is -0.368 e. The van der Waals surface area contributed by atoms with Crippen molar-refractivity contribution in [2.75, 3.05) is 13.1 Å². The fourth-order valence-electron chi connectivity index (χ4n) is 4.08. The van der Waals surface area contributed by atoms with E-state index in [1.807, 2.05) is 0 Å². The Balaban J connectivity index is 4.90. The van der Waals surface area contributed by atoms with Crippen molar-refractivity contribution in [1.29, 1.82) is 0 Å². The van der Waals surface area contributed by atoms with Gasteiger partial charge in [-0.15, -0.1) is 0 Å². The van der Waals surface area contributed by atoms with Gasteiger partial charge in [0.05, 0.1) is 0 Å². The van der Waals surface area contributed by atoms with Crippen LogP contribution in [-0.4, -0.2) is 103 Å².